The fourth-order valence-corrected chi connectivity index (χ4v) is 3.34. The Morgan fingerprint density at radius 3 is 2.90 bits per heavy atom. The van der Waals surface area contributed by atoms with Crippen LogP contribution in [0.25, 0.3) is 0 Å². The lowest BCUT2D eigenvalue weighted by Crippen LogP contribution is -2.21. The van der Waals surface area contributed by atoms with Crippen LogP contribution in [-0.2, 0) is 13.0 Å². The Labute approximate surface area is 134 Å². The van der Waals surface area contributed by atoms with E-state index in [-0.39, 0.29) is 0 Å². The first kappa shape index (κ1) is 14.6. The van der Waals surface area contributed by atoms with Gasteiger partial charge in [-0.3, -0.25) is 0 Å². The van der Waals surface area contributed by atoms with Gasteiger partial charge in [0.15, 0.2) is 0 Å². The summed E-state index contributed by atoms with van der Waals surface area (Å²) in [4.78, 5) is 0. The molecule has 0 bridgehead atoms. The second-order valence-electron chi connectivity index (χ2n) is 5.47. The Hall–Kier alpha value is -1.32. The molecule has 3 heteroatoms. The molecule has 0 spiro atoms. The van der Waals surface area contributed by atoms with E-state index in [1.54, 1.807) is 0 Å². The highest BCUT2D eigenvalue weighted by atomic mass is 79.9. The van der Waals surface area contributed by atoms with Crippen molar-refractivity contribution >= 4 is 15.9 Å². The molecule has 0 radical (unpaired) electrons. The topological polar surface area (TPSA) is 21.3 Å². The van der Waals surface area contributed by atoms with E-state index in [0.29, 0.717) is 12.6 Å². The van der Waals surface area contributed by atoms with Crippen molar-refractivity contribution in [1.82, 2.24) is 5.32 Å². The van der Waals surface area contributed by atoms with E-state index in [1.807, 2.05) is 25.2 Å². The van der Waals surface area contributed by atoms with Crippen molar-refractivity contribution in [1.29, 1.82) is 0 Å². The highest BCUT2D eigenvalue weighted by Gasteiger charge is 2.19. The molecule has 110 valence electrons. The Kier molecular flexibility index (Phi) is 4.61. The van der Waals surface area contributed by atoms with E-state index in [2.05, 4.69) is 45.5 Å². The first-order chi connectivity index (χ1) is 10.3. The van der Waals surface area contributed by atoms with Crippen LogP contribution in [0.15, 0.2) is 46.9 Å². The van der Waals surface area contributed by atoms with Crippen LogP contribution in [-0.4, -0.2) is 7.05 Å². The smallest absolute Gasteiger partial charge is 0.120 e. The van der Waals surface area contributed by atoms with Crippen LogP contribution < -0.4 is 10.1 Å². The molecule has 0 heterocycles. The zero-order valence-corrected chi connectivity index (χ0v) is 13.8. The summed E-state index contributed by atoms with van der Waals surface area (Å²) >= 11 is 3.56. The Bertz CT molecular complexity index is 626. The monoisotopic (exact) mass is 345 g/mol. The third kappa shape index (κ3) is 3.30. The molecule has 0 saturated heterocycles. The molecule has 1 N–H and O–H groups in total. The number of ether oxygens (including phenoxy) is 1. The minimum Gasteiger partial charge on any atom is -0.489 e. The molecule has 1 atom stereocenters. The molecule has 2 nitrogen and oxygen atoms in total. The minimum absolute atomic E-state index is 0.459. The maximum Gasteiger partial charge on any atom is 0.120 e. The molecule has 3 rings (SSSR count). The van der Waals surface area contributed by atoms with Gasteiger partial charge in [0, 0.05) is 16.1 Å². The summed E-state index contributed by atoms with van der Waals surface area (Å²) in [5.74, 6) is 0.951. The maximum absolute atomic E-state index is 5.97. The van der Waals surface area contributed by atoms with Crippen LogP contribution in [0.5, 0.6) is 5.75 Å². The fourth-order valence-electron chi connectivity index (χ4n) is 2.94. The van der Waals surface area contributed by atoms with E-state index in [9.17, 15) is 0 Å². The predicted octanol–water partition coefficient (Wildman–Crippen LogP) is 4.62. The number of fused-ring (bicyclic) bond motifs is 1. The quantitative estimate of drug-likeness (QED) is 0.872. The first-order valence-corrected chi connectivity index (χ1v) is 8.23. The van der Waals surface area contributed by atoms with Gasteiger partial charge < -0.3 is 10.1 Å². The summed E-state index contributed by atoms with van der Waals surface area (Å²) in [6, 6.07) is 15.1. The second kappa shape index (κ2) is 6.63. The van der Waals surface area contributed by atoms with Crippen molar-refractivity contribution < 1.29 is 4.74 Å². The lowest BCUT2D eigenvalue weighted by Gasteiger charge is -2.25. The largest absolute Gasteiger partial charge is 0.489 e. The highest BCUT2D eigenvalue weighted by molar-refractivity contribution is 9.10. The van der Waals surface area contributed by atoms with Gasteiger partial charge in [-0.05, 0) is 55.6 Å². The summed E-state index contributed by atoms with van der Waals surface area (Å²) in [6.07, 6.45) is 3.64. The summed E-state index contributed by atoms with van der Waals surface area (Å²) in [6.45, 7) is 0.588. The van der Waals surface area contributed by atoms with Crippen LogP contribution in [0.4, 0.5) is 0 Å². The van der Waals surface area contributed by atoms with Gasteiger partial charge in [-0.15, -0.1) is 0 Å². The maximum atomic E-state index is 5.97. The molecule has 1 aliphatic rings. The summed E-state index contributed by atoms with van der Waals surface area (Å²) in [7, 11) is 2.04. The summed E-state index contributed by atoms with van der Waals surface area (Å²) in [5, 5.41) is 3.41. The lowest BCUT2D eigenvalue weighted by molar-refractivity contribution is 0.304. The molecule has 0 saturated carbocycles. The van der Waals surface area contributed by atoms with Gasteiger partial charge in [0.25, 0.3) is 0 Å². The van der Waals surface area contributed by atoms with Gasteiger partial charge in [0.1, 0.15) is 12.4 Å². The molecular formula is C18H20BrNO. The number of nitrogens with one attached hydrogen (secondary N) is 1. The molecule has 0 aliphatic heterocycles. The Morgan fingerprint density at radius 1 is 1.24 bits per heavy atom. The SMILES string of the molecule is CNC1CCCc2ccc(OCc3ccccc3Br)cc21. The number of hydrogen-bond donors (Lipinski definition) is 1. The number of hydrogen-bond acceptors (Lipinski definition) is 2. The van der Waals surface area contributed by atoms with E-state index in [1.165, 1.54) is 36.0 Å². The fraction of sp³-hybridized carbons (Fsp3) is 0.333. The van der Waals surface area contributed by atoms with Crippen molar-refractivity contribution in [2.24, 2.45) is 0 Å². The van der Waals surface area contributed by atoms with Crippen LogP contribution in [0, 0.1) is 0 Å². The molecule has 2 aromatic rings. The highest BCUT2D eigenvalue weighted by Crippen LogP contribution is 2.32. The van der Waals surface area contributed by atoms with Gasteiger partial charge in [-0.2, -0.15) is 0 Å². The molecule has 0 amide bonds. The van der Waals surface area contributed by atoms with Gasteiger partial charge in [0.2, 0.25) is 0 Å². The molecule has 1 aliphatic carbocycles. The number of halogens is 1. The van der Waals surface area contributed by atoms with Crippen LogP contribution >= 0.6 is 15.9 Å². The van der Waals surface area contributed by atoms with E-state index >= 15 is 0 Å². The third-order valence-electron chi connectivity index (χ3n) is 4.13. The lowest BCUT2D eigenvalue weighted by atomic mass is 9.87. The van der Waals surface area contributed by atoms with Crippen molar-refractivity contribution in [2.75, 3.05) is 7.05 Å². The summed E-state index contributed by atoms with van der Waals surface area (Å²) < 4.78 is 7.07. The molecule has 0 aromatic heterocycles. The number of aryl methyl sites for hydroxylation is 1. The van der Waals surface area contributed by atoms with E-state index in [4.69, 9.17) is 4.74 Å². The van der Waals surface area contributed by atoms with Crippen LogP contribution in [0.1, 0.15) is 35.6 Å². The Balaban J connectivity index is 1.76. The van der Waals surface area contributed by atoms with Gasteiger partial charge in [0.05, 0.1) is 0 Å². The number of benzene rings is 2. The Morgan fingerprint density at radius 2 is 2.10 bits per heavy atom. The third-order valence-corrected chi connectivity index (χ3v) is 4.91. The molecule has 2 aromatic carbocycles. The average Bonchev–Trinajstić information content (AvgIpc) is 2.53. The van der Waals surface area contributed by atoms with Crippen molar-refractivity contribution in [3.8, 4) is 5.75 Å². The van der Waals surface area contributed by atoms with Crippen molar-refractivity contribution in [3.63, 3.8) is 0 Å². The molecule has 1 unspecified atom stereocenters. The normalized spacial score (nSPS) is 17.3. The summed E-state index contributed by atoms with van der Waals surface area (Å²) in [5.41, 5.74) is 4.02. The zero-order valence-electron chi connectivity index (χ0n) is 12.2. The average molecular weight is 346 g/mol. The van der Waals surface area contributed by atoms with Gasteiger partial charge in [-0.1, -0.05) is 40.2 Å². The van der Waals surface area contributed by atoms with Crippen molar-refractivity contribution in [2.45, 2.75) is 31.9 Å². The molecule has 21 heavy (non-hydrogen) atoms. The number of rotatable bonds is 4. The zero-order chi connectivity index (χ0) is 14.7. The van der Waals surface area contributed by atoms with Gasteiger partial charge >= 0.3 is 0 Å². The standard InChI is InChI=1S/C18H20BrNO/c1-20-18-8-4-6-13-9-10-15(11-16(13)18)21-12-14-5-2-3-7-17(14)19/h2-3,5,7,9-11,18,20H,4,6,8,12H2,1H3. The van der Waals surface area contributed by atoms with Crippen molar-refractivity contribution in [3.05, 3.63) is 63.6 Å². The van der Waals surface area contributed by atoms with E-state index < -0.39 is 0 Å². The minimum atomic E-state index is 0.459. The molecular weight excluding hydrogens is 326 g/mol. The predicted molar refractivity (Wildman–Crippen MR) is 89.7 cm³/mol. The first-order valence-electron chi connectivity index (χ1n) is 7.44. The second-order valence-corrected chi connectivity index (χ2v) is 6.33. The van der Waals surface area contributed by atoms with Crippen LogP contribution in [0.3, 0.4) is 0 Å². The van der Waals surface area contributed by atoms with Gasteiger partial charge in [-0.25, -0.2) is 0 Å². The van der Waals surface area contributed by atoms with E-state index in [0.717, 1.165) is 10.2 Å². The molecule has 0 fully saturated rings. The van der Waals surface area contributed by atoms with Crippen LogP contribution in [0.2, 0.25) is 0 Å².